The van der Waals surface area contributed by atoms with E-state index in [2.05, 4.69) is 29.4 Å². The molecule has 1 atom stereocenters. The number of carbonyl (C=O) groups excluding carboxylic acids is 2. The quantitative estimate of drug-likeness (QED) is 0.661. The van der Waals surface area contributed by atoms with Gasteiger partial charge >= 0.3 is 0 Å². The van der Waals surface area contributed by atoms with Crippen LogP contribution in [0.4, 0.5) is 4.39 Å². The lowest BCUT2D eigenvalue weighted by Gasteiger charge is -2.33. The number of hydrogen-bond acceptors (Lipinski definition) is 3. The summed E-state index contributed by atoms with van der Waals surface area (Å²) in [5, 5.41) is 6.26. The number of halogens is 1. The average Bonchev–Trinajstić information content (AvgIpc) is 3.23. The molecule has 0 aromatic heterocycles. The van der Waals surface area contributed by atoms with Gasteiger partial charge in [0.05, 0.1) is 6.54 Å². The summed E-state index contributed by atoms with van der Waals surface area (Å²) in [6, 6.07) is 6.94. The maximum atomic E-state index is 13.3. The van der Waals surface area contributed by atoms with Crippen molar-refractivity contribution in [3.05, 3.63) is 35.6 Å². The summed E-state index contributed by atoms with van der Waals surface area (Å²) < 4.78 is 13.3. The van der Waals surface area contributed by atoms with E-state index in [4.69, 9.17) is 0 Å². The second kappa shape index (κ2) is 10.6. The van der Waals surface area contributed by atoms with Crippen LogP contribution in [-0.2, 0) is 15.0 Å². The molecule has 3 rings (SSSR count). The highest BCUT2D eigenvalue weighted by Crippen LogP contribution is 2.40. The van der Waals surface area contributed by atoms with Gasteiger partial charge in [-0.2, -0.15) is 0 Å². The fraction of sp³-hybridized carbons (Fsp3) is 0.680. The summed E-state index contributed by atoms with van der Waals surface area (Å²) in [5.74, 6) is 0.417. The van der Waals surface area contributed by atoms with Gasteiger partial charge in [-0.15, -0.1) is 0 Å². The van der Waals surface area contributed by atoms with Crippen molar-refractivity contribution in [1.29, 1.82) is 0 Å². The van der Waals surface area contributed by atoms with Gasteiger partial charge in [-0.1, -0.05) is 38.8 Å². The van der Waals surface area contributed by atoms with Crippen LogP contribution in [0, 0.1) is 17.7 Å². The normalized spacial score (nSPS) is 20.5. The third-order valence-corrected chi connectivity index (χ3v) is 7.34. The number of benzene rings is 1. The third-order valence-electron chi connectivity index (χ3n) is 7.34. The topological polar surface area (TPSA) is 61.4 Å². The Hall–Kier alpha value is -1.95. The summed E-state index contributed by atoms with van der Waals surface area (Å²) in [4.78, 5) is 27.2. The van der Waals surface area contributed by atoms with Crippen molar-refractivity contribution in [2.45, 2.75) is 70.8 Å². The minimum Gasteiger partial charge on any atom is -0.354 e. The van der Waals surface area contributed by atoms with Crippen molar-refractivity contribution in [2.24, 2.45) is 11.8 Å². The van der Waals surface area contributed by atoms with Gasteiger partial charge in [-0.05, 0) is 69.3 Å². The Kier molecular flexibility index (Phi) is 8.09. The van der Waals surface area contributed by atoms with E-state index in [9.17, 15) is 14.0 Å². The molecule has 0 radical (unpaired) electrons. The molecule has 1 unspecified atom stereocenters. The maximum Gasteiger partial charge on any atom is 0.234 e. The Morgan fingerprint density at radius 3 is 2.29 bits per heavy atom. The first kappa shape index (κ1) is 23.7. The molecule has 2 N–H and O–H groups in total. The predicted octanol–water partition coefficient (Wildman–Crippen LogP) is 3.63. The van der Waals surface area contributed by atoms with E-state index in [1.165, 1.54) is 12.1 Å². The lowest BCUT2D eigenvalue weighted by Crippen LogP contribution is -2.47. The van der Waals surface area contributed by atoms with Gasteiger partial charge in [-0.25, -0.2) is 4.39 Å². The van der Waals surface area contributed by atoms with Crippen molar-refractivity contribution in [1.82, 2.24) is 15.5 Å². The fourth-order valence-electron chi connectivity index (χ4n) is 4.81. The summed E-state index contributed by atoms with van der Waals surface area (Å²) >= 11 is 0. The molecule has 0 bridgehead atoms. The number of likely N-dealkylation sites (tertiary alicyclic amines) is 1. The monoisotopic (exact) mass is 431 g/mol. The zero-order chi connectivity index (χ0) is 22.4. The summed E-state index contributed by atoms with van der Waals surface area (Å²) in [6.07, 6.45) is 5.91. The van der Waals surface area contributed by atoms with Crippen molar-refractivity contribution in [3.8, 4) is 0 Å². The number of hydrogen-bond donors (Lipinski definition) is 2. The number of carbonyl (C=O) groups is 2. The zero-order valence-electron chi connectivity index (χ0n) is 19.3. The van der Waals surface area contributed by atoms with Gasteiger partial charge < -0.3 is 10.6 Å². The van der Waals surface area contributed by atoms with Crippen molar-refractivity contribution < 1.29 is 14.0 Å². The van der Waals surface area contributed by atoms with Crippen molar-refractivity contribution in [2.75, 3.05) is 26.2 Å². The zero-order valence-corrected chi connectivity index (χ0v) is 19.3. The maximum absolute atomic E-state index is 13.3. The van der Waals surface area contributed by atoms with Crippen LogP contribution < -0.4 is 10.6 Å². The van der Waals surface area contributed by atoms with Gasteiger partial charge in [0.2, 0.25) is 11.8 Å². The number of rotatable bonds is 8. The molecule has 1 saturated carbocycles. The molecule has 1 aliphatic heterocycles. The predicted molar refractivity (Wildman–Crippen MR) is 121 cm³/mol. The third kappa shape index (κ3) is 6.28. The second-order valence-corrected chi connectivity index (χ2v) is 9.86. The Morgan fingerprint density at radius 2 is 1.71 bits per heavy atom. The molecule has 1 heterocycles. The van der Waals surface area contributed by atoms with Crippen LogP contribution in [0.1, 0.15) is 64.9 Å². The van der Waals surface area contributed by atoms with Crippen LogP contribution in [0.25, 0.3) is 0 Å². The van der Waals surface area contributed by atoms with E-state index < -0.39 is 0 Å². The van der Waals surface area contributed by atoms with Gasteiger partial charge in [-0.3, -0.25) is 14.5 Å². The van der Waals surface area contributed by atoms with E-state index in [1.807, 2.05) is 19.1 Å². The summed E-state index contributed by atoms with van der Waals surface area (Å²) in [6.45, 7) is 8.77. The number of amides is 2. The van der Waals surface area contributed by atoms with Crippen LogP contribution in [0.2, 0.25) is 0 Å². The molecule has 1 aliphatic carbocycles. The molecule has 0 spiro atoms. The molecule has 2 amide bonds. The van der Waals surface area contributed by atoms with Crippen LogP contribution in [0.5, 0.6) is 0 Å². The first-order valence-electron chi connectivity index (χ1n) is 11.8. The van der Waals surface area contributed by atoms with E-state index in [-0.39, 0.29) is 35.0 Å². The Morgan fingerprint density at radius 1 is 1.10 bits per heavy atom. The second-order valence-electron chi connectivity index (χ2n) is 9.86. The van der Waals surface area contributed by atoms with E-state index in [0.29, 0.717) is 19.0 Å². The van der Waals surface area contributed by atoms with E-state index in [0.717, 1.165) is 57.2 Å². The van der Waals surface area contributed by atoms with Crippen molar-refractivity contribution >= 4 is 11.8 Å². The minimum atomic E-state index is -0.225. The SMILES string of the molecule is CC(C)C(C)NC(=O)C1CCN(CC(=O)NCC2(c3ccc(F)cc3)CCCC2)CC1. The number of nitrogens with one attached hydrogen (secondary N) is 2. The molecular formula is C25H38FN3O2. The highest BCUT2D eigenvalue weighted by Gasteiger charge is 2.36. The largest absolute Gasteiger partial charge is 0.354 e. The summed E-state index contributed by atoms with van der Waals surface area (Å²) in [5.41, 5.74) is 1.04. The highest BCUT2D eigenvalue weighted by molar-refractivity contribution is 5.79. The van der Waals surface area contributed by atoms with Crippen LogP contribution >= 0.6 is 0 Å². The fourth-order valence-corrected chi connectivity index (χ4v) is 4.81. The lowest BCUT2D eigenvalue weighted by molar-refractivity contribution is -0.127. The molecule has 2 aliphatic rings. The van der Waals surface area contributed by atoms with E-state index in [1.54, 1.807) is 0 Å². The number of piperidine rings is 1. The molecule has 1 aromatic carbocycles. The van der Waals surface area contributed by atoms with Gasteiger partial charge in [0.1, 0.15) is 5.82 Å². The standard InChI is InChI=1S/C25H38FN3O2/c1-18(2)19(3)28-24(31)20-10-14-29(15-11-20)16-23(30)27-17-25(12-4-5-13-25)21-6-8-22(26)9-7-21/h6-9,18-20H,4-5,10-17H2,1-3H3,(H,27,30)(H,28,31). The molecule has 1 saturated heterocycles. The molecule has 1 aromatic rings. The smallest absolute Gasteiger partial charge is 0.234 e. The molecule has 172 valence electrons. The van der Waals surface area contributed by atoms with E-state index >= 15 is 0 Å². The molecular weight excluding hydrogens is 393 g/mol. The molecule has 5 nitrogen and oxygen atoms in total. The molecule has 6 heteroatoms. The Balaban J connectivity index is 1.45. The van der Waals surface area contributed by atoms with Crippen LogP contribution in [0.3, 0.4) is 0 Å². The van der Waals surface area contributed by atoms with Crippen LogP contribution in [0.15, 0.2) is 24.3 Å². The van der Waals surface area contributed by atoms with Gasteiger partial charge in [0, 0.05) is 23.9 Å². The summed E-state index contributed by atoms with van der Waals surface area (Å²) in [7, 11) is 0. The Labute approximate surface area is 186 Å². The number of nitrogens with zero attached hydrogens (tertiary/aromatic N) is 1. The molecule has 2 fully saturated rings. The minimum absolute atomic E-state index is 0.0321. The lowest BCUT2D eigenvalue weighted by atomic mass is 9.79. The first-order chi connectivity index (χ1) is 14.8. The highest BCUT2D eigenvalue weighted by atomic mass is 19.1. The van der Waals surface area contributed by atoms with Gasteiger partial charge in [0.25, 0.3) is 0 Å². The van der Waals surface area contributed by atoms with Crippen molar-refractivity contribution in [3.63, 3.8) is 0 Å². The average molecular weight is 432 g/mol. The first-order valence-corrected chi connectivity index (χ1v) is 11.8. The molecule has 31 heavy (non-hydrogen) atoms. The Bertz CT molecular complexity index is 736. The van der Waals surface area contributed by atoms with Gasteiger partial charge in [0.15, 0.2) is 0 Å². The van der Waals surface area contributed by atoms with Crippen LogP contribution in [-0.4, -0.2) is 48.9 Å².